The van der Waals surface area contributed by atoms with Gasteiger partial charge in [0.15, 0.2) is 0 Å². The molecule has 0 bridgehead atoms. The average molecular weight is 311 g/mol. The monoisotopic (exact) mass is 311 g/mol. The third kappa shape index (κ3) is 3.02. The number of methoxy groups -OCH3 is 1. The second kappa shape index (κ2) is 6.28. The van der Waals surface area contributed by atoms with Crippen molar-refractivity contribution in [2.24, 2.45) is 0 Å². The maximum atomic E-state index is 12.2. The highest BCUT2D eigenvalue weighted by molar-refractivity contribution is 7.09. The standard InChI is InChI=1S/C18H17NO2S/c1-12-19-16(11-22-12)10-17(18(20)21-2)15-8-7-13-5-3-4-6-14(13)9-15/h3-9,11,17H,10H2,1-2H3. The highest BCUT2D eigenvalue weighted by Crippen LogP contribution is 2.26. The molecule has 0 aliphatic rings. The lowest BCUT2D eigenvalue weighted by Crippen LogP contribution is -2.17. The molecule has 112 valence electrons. The van der Waals surface area contributed by atoms with E-state index in [9.17, 15) is 4.79 Å². The van der Waals surface area contributed by atoms with Gasteiger partial charge in [0.2, 0.25) is 0 Å². The van der Waals surface area contributed by atoms with Crippen LogP contribution in [0.3, 0.4) is 0 Å². The van der Waals surface area contributed by atoms with Gasteiger partial charge >= 0.3 is 5.97 Å². The van der Waals surface area contributed by atoms with Gasteiger partial charge in [-0.1, -0.05) is 42.5 Å². The van der Waals surface area contributed by atoms with Gasteiger partial charge in [0.1, 0.15) is 0 Å². The molecule has 1 atom stereocenters. The van der Waals surface area contributed by atoms with Gasteiger partial charge in [-0.25, -0.2) is 4.98 Å². The van der Waals surface area contributed by atoms with E-state index < -0.39 is 0 Å². The number of ether oxygens (including phenoxy) is 1. The van der Waals surface area contributed by atoms with E-state index in [2.05, 4.69) is 23.2 Å². The van der Waals surface area contributed by atoms with Crippen LogP contribution >= 0.6 is 11.3 Å². The first kappa shape index (κ1) is 14.7. The van der Waals surface area contributed by atoms with Crippen molar-refractivity contribution in [1.29, 1.82) is 0 Å². The molecule has 22 heavy (non-hydrogen) atoms. The Kier molecular flexibility index (Phi) is 4.20. The van der Waals surface area contributed by atoms with Gasteiger partial charge in [0.05, 0.1) is 23.7 Å². The molecule has 0 saturated heterocycles. The minimum atomic E-state index is -0.323. The van der Waals surface area contributed by atoms with Crippen molar-refractivity contribution in [1.82, 2.24) is 4.98 Å². The molecule has 1 aromatic heterocycles. The van der Waals surface area contributed by atoms with E-state index in [4.69, 9.17) is 4.74 Å². The molecule has 0 radical (unpaired) electrons. The molecular formula is C18H17NO2S. The van der Waals surface area contributed by atoms with Crippen molar-refractivity contribution in [2.75, 3.05) is 7.11 Å². The molecule has 0 aliphatic heterocycles. The smallest absolute Gasteiger partial charge is 0.313 e. The van der Waals surface area contributed by atoms with Gasteiger partial charge in [0.25, 0.3) is 0 Å². The van der Waals surface area contributed by atoms with Crippen LogP contribution < -0.4 is 0 Å². The average Bonchev–Trinajstić information content (AvgIpc) is 2.96. The van der Waals surface area contributed by atoms with Crippen molar-refractivity contribution < 1.29 is 9.53 Å². The van der Waals surface area contributed by atoms with Crippen LogP contribution in [0.5, 0.6) is 0 Å². The highest BCUT2D eigenvalue weighted by atomic mass is 32.1. The first-order chi connectivity index (χ1) is 10.7. The van der Waals surface area contributed by atoms with Gasteiger partial charge in [-0.15, -0.1) is 11.3 Å². The maximum absolute atomic E-state index is 12.2. The minimum Gasteiger partial charge on any atom is -0.469 e. The fourth-order valence-electron chi connectivity index (χ4n) is 2.62. The second-order valence-electron chi connectivity index (χ2n) is 5.24. The molecule has 0 saturated carbocycles. The number of fused-ring (bicyclic) bond motifs is 1. The normalized spacial score (nSPS) is 12.3. The van der Waals surface area contributed by atoms with Crippen LogP contribution in [0.1, 0.15) is 22.2 Å². The summed E-state index contributed by atoms with van der Waals surface area (Å²) in [6, 6.07) is 14.3. The van der Waals surface area contributed by atoms with Gasteiger partial charge in [-0.3, -0.25) is 4.79 Å². The van der Waals surface area contributed by atoms with E-state index in [0.717, 1.165) is 21.7 Å². The van der Waals surface area contributed by atoms with Crippen LogP contribution in [0.25, 0.3) is 10.8 Å². The number of hydrogen-bond donors (Lipinski definition) is 0. The van der Waals surface area contributed by atoms with E-state index in [1.165, 1.54) is 12.5 Å². The number of benzene rings is 2. The Morgan fingerprint density at radius 2 is 2.00 bits per heavy atom. The Morgan fingerprint density at radius 3 is 2.68 bits per heavy atom. The topological polar surface area (TPSA) is 39.2 Å². The largest absolute Gasteiger partial charge is 0.469 e. The number of aryl methyl sites for hydroxylation is 1. The molecule has 1 heterocycles. The van der Waals surface area contributed by atoms with E-state index in [-0.39, 0.29) is 11.9 Å². The first-order valence-electron chi connectivity index (χ1n) is 7.15. The summed E-state index contributed by atoms with van der Waals surface area (Å²) in [5, 5.41) is 5.31. The third-order valence-corrected chi connectivity index (χ3v) is 4.56. The first-order valence-corrected chi connectivity index (χ1v) is 8.03. The summed E-state index contributed by atoms with van der Waals surface area (Å²) in [4.78, 5) is 16.7. The lowest BCUT2D eigenvalue weighted by Gasteiger charge is -2.14. The van der Waals surface area contributed by atoms with Crippen LogP contribution in [0.4, 0.5) is 0 Å². The van der Waals surface area contributed by atoms with E-state index in [1.54, 1.807) is 11.3 Å². The zero-order valence-corrected chi connectivity index (χ0v) is 13.4. The van der Waals surface area contributed by atoms with Crippen LogP contribution in [0.15, 0.2) is 47.8 Å². The summed E-state index contributed by atoms with van der Waals surface area (Å²) in [6.07, 6.45) is 0.565. The molecule has 1 unspecified atom stereocenters. The Morgan fingerprint density at radius 1 is 1.23 bits per heavy atom. The maximum Gasteiger partial charge on any atom is 0.313 e. The number of nitrogens with zero attached hydrogens (tertiary/aromatic N) is 1. The summed E-state index contributed by atoms with van der Waals surface area (Å²) < 4.78 is 4.99. The molecule has 3 aromatic rings. The zero-order valence-electron chi connectivity index (χ0n) is 12.6. The van der Waals surface area contributed by atoms with Crippen molar-refractivity contribution in [3.63, 3.8) is 0 Å². The summed E-state index contributed by atoms with van der Waals surface area (Å²) in [5.74, 6) is -0.544. The Bertz CT molecular complexity index is 809. The Labute approximate surface area is 133 Å². The number of carbonyl (C=O) groups excluding carboxylic acids is 1. The van der Waals surface area contributed by atoms with Crippen LogP contribution in [-0.2, 0) is 16.0 Å². The molecule has 0 N–H and O–H groups in total. The Balaban J connectivity index is 1.97. The quantitative estimate of drug-likeness (QED) is 0.681. The summed E-state index contributed by atoms with van der Waals surface area (Å²) >= 11 is 1.60. The van der Waals surface area contributed by atoms with Gasteiger partial charge in [-0.05, 0) is 23.3 Å². The number of aromatic nitrogens is 1. The van der Waals surface area contributed by atoms with E-state index in [0.29, 0.717) is 6.42 Å². The molecular weight excluding hydrogens is 294 g/mol. The fourth-order valence-corrected chi connectivity index (χ4v) is 3.24. The van der Waals surface area contributed by atoms with Crippen LogP contribution in [0.2, 0.25) is 0 Å². The predicted octanol–water partition coefficient (Wildman–Crippen LogP) is 4.10. The molecule has 3 nitrogen and oxygen atoms in total. The number of hydrogen-bond acceptors (Lipinski definition) is 4. The van der Waals surface area contributed by atoms with Crippen molar-refractivity contribution in [3.8, 4) is 0 Å². The second-order valence-corrected chi connectivity index (χ2v) is 6.31. The van der Waals surface area contributed by atoms with Gasteiger partial charge < -0.3 is 4.74 Å². The number of esters is 1. The SMILES string of the molecule is COC(=O)C(Cc1csc(C)n1)c1ccc2ccccc2c1. The van der Waals surface area contributed by atoms with Crippen molar-refractivity contribution in [3.05, 3.63) is 64.1 Å². The fraction of sp³-hybridized carbons (Fsp3) is 0.222. The predicted molar refractivity (Wildman–Crippen MR) is 89.3 cm³/mol. The van der Waals surface area contributed by atoms with E-state index in [1.807, 2.05) is 36.6 Å². The summed E-state index contributed by atoms with van der Waals surface area (Å²) in [7, 11) is 1.43. The Hall–Kier alpha value is -2.20. The molecule has 0 amide bonds. The van der Waals surface area contributed by atoms with Gasteiger partial charge in [0, 0.05) is 11.8 Å². The van der Waals surface area contributed by atoms with Crippen LogP contribution in [0, 0.1) is 6.92 Å². The van der Waals surface area contributed by atoms with Gasteiger partial charge in [-0.2, -0.15) is 0 Å². The molecule has 3 rings (SSSR count). The lowest BCUT2D eigenvalue weighted by atomic mass is 9.92. The zero-order chi connectivity index (χ0) is 15.5. The molecule has 0 aliphatic carbocycles. The lowest BCUT2D eigenvalue weighted by molar-refractivity contribution is -0.142. The highest BCUT2D eigenvalue weighted by Gasteiger charge is 2.23. The number of rotatable bonds is 4. The van der Waals surface area contributed by atoms with Crippen LogP contribution in [-0.4, -0.2) is 18.1 Å². The third-order valence-electron chi connectivity index (χ3n) is 3.74. The molecule has 4 heteroatoms. The molecule has 0 spiro atoms. The van der Waals surface area contributed by atoms with Crippen molar-refractivity contribution >= 4 is 28.1 Å². The van der Waals surface area contributed by atoms with Crippen molar-refractivity contribution in [2.45, 2.75) is 19.3 Å². The number of carbonyl (C=O) groups is 1. The van der Waals surface area contributed by atoms with E-state index >= 15 is 0 Å². The minimum absolute atomic E-state index is 0.221. The number of thiazole rings is 1. The summed E-state index contributed by atoms with van der Waals surface area (Å²) in [6.45, 7) is 1.97. The molecule has 0 fully saturated rings. The molecule has 2 aromatic carbocycles. The summed E-state index contributed by atoms with van der Waals surface area (Å²) in [5.41, 5.74) is 1.90.